The molecule has 1 aliphatic rings. The molecule has 0 radical (unpaired) electrons. The Balaban J connectivity index is 1.48. The average Bonchev–Trinajstić information content (AvgIpc) is 2.84. The third-order valence-electron chi connectivity index (χ3n) is 6.96. The Bertz CT molecular complexity index is 1270. The minimum Gasteiger partial charge on any atom is -0.399 e. The lowest BCUT2D eigenvalue weighted by molar-refractivity contribution is -0.276. The Labute approximate surface area is 206 Å². The second-order valence-corrected chi connectivity index (χ2v) is 9.38. The lowest BCUT2D eigenvalue weighted by Crippen LogP contribution is -2.19. The second kappa shape index (κ2) is 10.9. The van der Waals surface area contributed by atoms with Crippen molar-refractivity contribution in [1.82, 2.24) is 0 Å². The number of rotatable bonds is 5. The van der Waals surface area contributed by atoms with E-state index in [1.54, 1.807) is 12.1 Å². The van der Waals surface area contributed by atoms with Gasteiger partial charge in [-0.15, -0.1) is 13.2 Å². The predicted octanol–water partition coefficient (Wildman–Crippen LogP) is 8.70. The molecule has 7 heteroatoms. The first-order valence-corrected chi connectivity index (χ1v) is 12.1. The molecular weight excluding hydrogens is 478 g/mol. The third-order valence-corrected chi connectivity index (χ3v) is 6.96. The Hall–Kier alpha value is -3.14. The lowest BCUT2D eigenvalue weighted by atomic mass is 9.78. The normalized spacial score (nSPS) is 18.1. The van der Waals surface area contributed by atoms with Gasteiger partial charge in [-0.25, -0.2) is 13.2 Å². The maximum atomic E-state index is 15.1. The summed E-state index contributed by atoms with van der Waals surface area (Å²) in [5.74, 6) is 1.29. The maximum absolute atomic E-state index is 15.1. The predicted molar refractivity (Wildman–Crippen MR) is 127 cm³/mol. The van der Waals surface area contributed by atoms with Gasteiger partial charge < -0.3 is 4.74 Å². The van der Waals surface area contributed by atoms with Crippen LogP contribution in [0.3, 0.4) is 0 Å². The molecule has 1 aliphatic carbocycles. The van der Waals surface area contributed by atoms with Gasteiger partial charge in [0.1, 0.15) is 5.82 Å². The first-order chi connectivity index (χ1) is 17.1. The number of halogens is 6. The topological polar surface area (TPSA) is 9.23 Å². The highest BCUT2D eigenvalue weighted by Crippen LogP contribution is 2.33. The summed E-state index contributed by atoms with van der Waals surface area (Å²) >= 11 is 0. The fourth-order valence-electron chi connectivity index (χ4n) is 4.88. The van der Waals surface area contributed by atoms with Gasteiger partial charge >= 0.3 is 6.36 Å². The molecule has 0 amide bonds. The van der Waals surface area contributed by atoms with Crippen LogP contribution >= 0.6 is 0 Å². The number of hydrogen-bond donors (Lipinski definition) is 0. The number of aryl methyl sites for hydroxylation is 1. The summed E-state index contributed by atoms with van der Waals surface area (Å²) < 4.78 is 83.1. The number of alkyl halides is 3. The van der Waals surface area contributed by atoms with Crippen LogP contribution in [0.4, 0.5) is 26.3 Å². The molecule has 0 spiro atoms. The largest absolute Gasteiger partial charge is 0.573 e. The minimum absolute atomic E-state index is 0.0133. The first kappa shape index (κ1) is 25.9. The van der Waals surface area contributed by atoms with E-state index in [-0.39, 0.29) is 11.1 Å². The monoisotopic (exact) mass is 504 g/mol. The summed E-state index contributed by atoms with van der Waals surface area (Å²) in [5.41, 5.74) is 0.909. The quantitative estimate of drug-likeness (QED) is 0.249. The SMILES string of the molecule is CCC1CCC(CCc2ccc3c(F)c(C#Cc4cc(F)c(OC(F)(F)F)c(F)c4)ccc3c2)CC1. The maximum Gasteiger partial charge on any atom is 0.573 e. The van der Waals surface area contributed by atoms with E-state index in [0.29, 0.717) is 17.5 Å². The summed E-state index contributed by atoms with van der Waals surface area (Å²) in [6, 6.07) is 10.0. The summed E-state index contributed by atoms with van der Waals surface area (Å²) in [6.07, 6.45) is 3.23. The molecule has 36 heavy (non-hydrogen) atoms. The van der Waals surface area contributed by atoms with Crippen LogP contribution in [-0.4, -0.2) is 6.36 Å². The fourth-order valence-corrected chi connectivity index (χ4v) is 4.88. The summed E-state index contributed by atoms with van der Waals surface area (Å²) in [5, 5.41) is 1.11. The van der Waals surface area contributed by atoms with Crippen LogP contribution in [0.1, 0.15) is 62.1 Å². The van der Waals surface area contributed by atoms with Crippen molar-refractivity contribution in [2.45, 2.75) is 58.2 Å². The van der Waals surface area contributed by atoms with Crippen LogP contribution in [0, 0.1) is 41.1 Å². The number of fused-ring (bicyclic) bond motifs is 1. The zero-order chi connectivity index (χ0) is 25.9. The van der Waals surface area contributed by atoms with Crippen LogP contribution in [0.25, 0.3) is 10.8 Å². The van der Waals surface area contributed by atoms with Gasteiger partial charge in [-0.3, -0.25) is 0 Å². The van der Waals surface area contributed by atoms with E-state index < -0.39 is 29.6 Å². The molecule has 190 valence electrons. The van der Waals surface area contributed by atoms with Crippen molar-refractivity contribution < 1.29 is 31.1 Å². The highest BCUT2D eigenvalue weighted by molar-refractivity contribution is 5.85. The van der Waals surface area contributed by atoms with Crippen molar-refractivity contribution in [3.8, 4) is 17.6 Å². The third kappa shape index (κ3) is 6.34. The molecule has 0 atom stereocenters. The smallest absolute Gasteiger partial charge is 0.399 e. The Morgan fingerprint density at radius 3 is 2.17 bits per heavy atom. The molecule has 0 aliphatic heterocycles. The summed E-state index contributed by atoms with van der Waals surface area (Å²) in [6.45, 7) is 2.25. The van der Waals surface area contributed by atoms with Gasteiger partial charge in [0.05, 0.1) is 5.56 Å². The van der Waals surface area contributed by atoms with Gasteiger partial charge in [0.25, 0.3) is 0 Å². The van der Waals surface area contributed by atoms with E-state index in [1.807, 2.05) is 12.1 Å². The van der Waals surface area contributed by atoms with Gasteiger partial charge in [-0.05, 0) is 53.8 Å². The van der Waals surface area contributed by atoms with E-state index in [1.165, 1.54) is 38.2 Å². The van der Waals surface area contributed by atoms with Crippen molar-refractivity contribution in [2.75, 3.05) is 0 Å². The van der Waals surface area contributed by atoms with Gasteiger partial charge in [0.15, 0.2) is 11.6 Å². The molecule has 0 N–H and O–H groups in total. The van der Waals surface area contributed by atoms with Gasteiger partial charge in [0, 0.05) is 10.9 Å². The standard InChI is InChI=1S/C29H26F6O/c1-2-18-3-5-19(6-4-18)7-8-20-10-14-24-23(15-20)13-12-22(27(24)32)11-9-21-16-25(30)28(26(31)17-21)36-29(33,34)35/h10,12-19H,2-8H2,1H3. The molecule has 4 rings (SSSR count). The molecule has 0 aromatic heterocycles. The number of benzene rings is 3. The van der Waals surface area contributed by atoms with E-state index in [0.717, 1.165) is 35.6 Å². The molecule has 0 unspecified atom stereocenters. The molecule has 0 bridgehead atoms. The lowest BCUT2D eigenvalue weighted by Gasteiger charge is -2.27. The van der Waals surface area contributed by atoms with Crippen LogP contribution in [0.2, 0.25) is 0 Å². The molecule has 3 aromatic rings. The number of ether oxygens (including phenoxy) is 1. The van der Waals surface area contributed by atoms with Crippen LogP contribution in [-0.2, 0) is 6.42 Å². The van der Waals surface area contributed by atoms with E-state index >= 15 is 4.39 Å². The van der Waals surface area contributed by atoms with Crippen LogP contribution < -0.4 is 4.74 Å². The van der Waals surface area contributed by atoms with Crippen molar-refractivity contribution in [3.05, 3.63) is 76.6 Å². The van der Waals surface area contributed by atoms with Crippen LogP contribution in [0.15, 0.2) is 42.5 Å². The zero-order valence-electron chi connectivity index (χ0n) is 19.8. The fraction of sp³-hybridized carbons (Fsp3) is 0.379. The molecule has 1 fully saturated rings. The zero-order valence-corrected chi connectivity index (χ0v) is 19.8. The number of hydrogen-bond acceptors (Lipinski definition) is 1. The Morgan fingerprint density at radius 1 is 0.861 bits per heavy atom. The molecule has 3 aromatic carbocycles. The van der Waals surface area contributed by atoms with Gasteiger partial charge in [0.2, 0.25) is 5.75 Å². The highest BCUT2D eigenvalue weighted by Gasteiger charge is 2.34. The second-order valence-electron chi connectivity index (χ2n) is 9.38. The van der Waals surface area contributed by atoms with Crippen molar-refractivity contribution in [2.24, 2.45) is 11.8 Å². The molecule has 0 heterocycles. The summed E-state index contributed by atoms with van der Waals surface area (Å²) in [7, 11) is 0. The van der Waals surface area contributed by atoms with Gasteiger partial charge in [-0.1, -0.05) is 75.1 Å². The van der Waals surface area contributed by atoms with Crippen molar-refractivity contribution in [1.29, 1.82) is 0 Å². The first-order valence-electron chi connectivity index (χ1n) is 12.1. The Morgan fingerprint density at radius 2 is 1.53 bits per heavy atom. The molecule has 0 saturated heterocycles. The average molecular weight is 505 g/mol. The van der Waals surface area contributed by atoms with E-state index in [2.05, 4.69) is 23.5 Å². The highest BCUT2D eigenvalue weighted by atomic mass is 19.4. The Kier molecular flexibility index (Phi) is 7.82. The van der Waals surface area contributed by atoms with Crippen molar-refractivity contribution >= 4 is 10.8 Å². The minimum atomic E-state index is -5.24. The van der Waals surface area contributed by atoms with E-state index in [9.17, 15) is 22.0 Å². The summed E-state index contributed by atoms with van der Waals surface area (Å²) in [4.78, 5) is 0. The van der Waals surface area contributed by atoms with E-state index in [4.69, 9.17) is 0 Å². The molecule has 1 nitrogen and oxygen atoms in total. The van der Waals surface area contributed by atoms with Gasteiger partial charge in [-0.2, -0.15) is 0 Å². The van der Waals surface area contributed by atoms with Crippen molar-refractivity contribution in [3.63, 3.8) is 0 Å². The molecule has 1 saturated carbocycles. The molecular formula is C29H26F6O. The van der Waals surface area contributed by atoms with Crippen LogP contribution in [0.5, 0.6) is 5.75 Å².